The summed E-state index contributed by atoms with van der Waals surface area (Å²) >= 11 is 6.15. The van der Waals surface area contributed by atoms with E-state index in [1.807, 2.05) is 51.1 Å². The normalized spacial score (nSPS) is 11.0. The van der Waals surface area contributed by atoms with E-state index in [2.05, 4.69) is 5.32 Å². The second-order valence-electron chi connectivity index (χ2n) is 5.79. The molecule has 0 radical (unpaired) electrons. The van der Waals surface area contributed by atoms with E-state index < -0.39 is 0 Å². The molecule has 0 amide bonds. The Morgan fingerprint density at radius 1 is 1.04 bits per heavy atom. The van der Waals surface area contributed by atoms with Crippen molar-refractivity contribution in [3.8, 4) is 0 Å². The lowest BCUT2D eigenvalue weighted by Crippen LogP contribution is -2.06. The van der Waals surface area contributed by atoms with Gasteiger partial charge in [0.2, 0.25) is 0 Å². The van der Waals surface area contributed by atoms with Crippen LogP contribution in [0.5, 0.6) is 0 Å². The van der Waals surface area contributed by atoms with Gasteiger partial charge in [-0.1, -0.05) is 29.8 Å². The minimum Gasteiger partial charge on any atom is -0.422 e. The van der Waals surface area contributed by atoms with E-state index in [1.165, 1.54) is 0 Å². The molecule has 0 fully saturated rings. The predicted molar refractivity (Wildman–Crippen MR) is 95.5 cm³/mol. The van der Waals surface area contributed by atoms with Crippen LogP contribution >= 0.6 is 11.6 Å². The fourth-order valence-corrected chi connectivity index (χ4v) is 2.75. The molecule has 0 aliphatic carbocycles. The summed E-state index contributed by atoms with van der Waals surface area (Å²) in [7, 11) is 0. The van der Waals surface area contributed by atoms with Crippen molar-refractivity contribution in [1.29, 1.82) is 0 Å². The molecule has 1 heterocycles. The van der Waals surface area contributed by atoms with Gasteiger partial charge in [-0.15, -0.1) is 0 Å². The standard InChI is InChI=1S/C19H18ClNO2/c1-11-5-7-16-14(8-18(22)23-19(16)13(11)3)10-21-15-6-4-12(2)17(20)9-15/h4-9,21H,10H2,1-3H3. The molecule has 1 N–H and O–H groups in total. The number of hydrogen-bond donors (Lipinski definition) is 1. The maximum absolute atomic E-state index is 11.9. The molecule has 3 rings (SSSR count). The molecular weight excluding hydrogens is 310 g/mol. The number of fused-ring (bicyclic) bond motifs is 1. The number of aryl methyl sites for hydroxylation is 3. The lowest BCUT2D eigenvalue weighted by atomic mass is 10.0. The highest BCUT2D eigenvalue weighted by Crippen LogP contribution is 2.25. The van der Waals surface area contributed by atoms with Crippen LogP contribution in [0.3, 0.4) is 0 Å². The van der Waals surface area contributed by atoms with Crippen LogP contribution in [0.1, 0.15) is 22.3 Å². The lowest BCUT2D eigenvalue weighted by Gasteiger charge is -2.11. The summed E-state index contributed by atoms with van der Waals surface area (Å²) in [5.41, 5.74) is 5.31. The minimum atomic E-state index is -0.329. The number of halogens is 1. The molecule has 3 aromatic rings. The molecule has 2 aromatic carbocycles. The molecule has 118 valence electrons. The van der Waals surface area contributed by atoms with Gasteiger partial charge >= 0.3 is 5.63 Å². The van der Waals surface area contributed by atoms with Gasteiger partial charge in [0.1, 0.15) is 5.58 Å². The van der Waals surface area contributed by atoms with Gasteiger partial charge in [0.05, 0.1) is 0 Å². The van der Waals surface area contributed by atoms with Crippen LogP contribution in [-0.4, -0.2) is 0 Å². The summed E-state index contributed by atoms with van der Waals surface area (Å²) in [6, 6.07) is 11.4. The van der Waals surface area contributed by atoms with E-state index in [4.69, 9.17) is 16.0 Å². The minimum absolute atomic E-state index is 0.329. The Balaban J connectivity index is 1.98. The highest BCUT2D eigenvalue weighted by Gasteiger charge is 2.09. The van der Waals surface area contributed by atoms with Gasteiger partial charge in [-0.25, -0.2) is 4.79 Å². The van der Waals surface area contributed by atoms with Gasteiger partial charge < -0.3 is 9.73 Å². The van der Waals surface area contributed by atoms with Gasteiger partial charge in [-0.05, 0) is 55.2 Å². The molecule has 0 aliphatic rings. The van der Waals surface area contributed by atoms with Crippen LogP contribution in [0, 0.1) is 20.8 Å². The van der Waals surface area contributed by atoms with E-state index in [0.29, 0.717) is 12.1 Å². The van der Waals surface area contributed by atoms with Gasteiger partial charge in [0.25, 0.3) is 0 Å². The van der Waals surface area contributed by atoms with Crippen molar-refractivity contribution in [2.24, 2.45) is 0 Å². The topological polar surface area (TPSA) is 42.2 Å². The smallest absolute Gasteiger partial charge is 0.336 e. The zero-order valence-electron chi connectivity index (χ0n) is 13.4. The first-order valence-corrected chi connectivity index (χ1v) is 7.86. The van der Waals surface area contributed by atoms with E-state index in [0.717, 1.165) is 38.4 Å². The molecule has 0 unspecified atom stereocenters. The number of benzene rings is 2. The SMILES string of the molecule is Cc1ccc(NCc2cc(=O)oc3c(C)c(C)ccc23)cc1Cl. The van der Waals surface area contributed by atoms with Gasteiger partial charge in [-0.3, -0.25) is 0 Å². The number of nitrogens with one attached hydrogen (secondary N) is 1. The third-order valence-corrected chi connectivity index (χ3v) is 4.58. The fraction of sp³-hybridized carbons (Fsp3) is 0.211. The summed E-state index contributed by atoms with van der Waals surface area (Å²) in [6.45, 7) is 6.47. The highest BCUT2D eigenvalue weighted by atomic mass is 35.5. The Morgan fingerprint density at radius 2 is 1.78 bits per heavy atom. The van der Waals surface area contributed by atoms with Crippen molar-refractivity contribution in [3.05, 3.63) is 74.1 Å². The maximum Gasteiger partial charge on any atom is 0.336 e. The van der Waals surface area contributed by atoms with Crippen molar-refractivity contribution in [1.82, 2.24) is 0 Å². The quantitative estimate of drug-likeness (QED) is 0.689. The molecule has 0 aliphatic heterocycles. The summed E-state index contributed by atoms with van der Waals surface area (Å²) in [5.74, 6) is 0. The molecular formula is C19H18ClNO2. The van der Waals surface area contributed by atoms with Crippen molar-refractivity contribution in [2.45, 2.75) is 27.3 Å². The number of rotatable bonds is 3. The first kappa shape index (κ1) is 15.6. The van der Waals surface area contributed by atoms with Crippen molar-refractivity contribution < 1.29 is 4.42 Å². The van der Waals surface area contributed by atoms with Gasteiger partial charge in [0, 0.05) is 28.7 Å². The van der Waals surface area contributed by atoms with Crippen LogP contribution in [0.2, 0.25) is 5.02 Å². The second-order valence-corrected chi connectivity index (χ2v) is 6.20. The highest BCUT2D eigenvalue weighted by molar-refractivity contribution is 6.31. The first-order chi connectivity index (χ1) is 11.0. The molecule has 0 saturated heterocycles. The Bertz CT molecular complexity index is 944. The molecule has 4 heteroatoms. The lowest BCUT2D eigenvalue weighted by molar-refractivity contribution is 0.556. The van der Waals surface area contributed by atoms with Crippen LogP contribution in [0.15, 0.2) is 45.6 Å². The zero-order chi connectivity index (χ0) is 16.6. The molecule has 23 heavy (non-hydrogen) atoms. The summed E-state index contributed by atoms with van der Waals surface area (Å²) < 4.78 is 5.40. The van der Waals surface area contributed by atoms with Crippen LogP contribution in [0.25, 0.3) is 11.0 Å². The van der Waals surface area contributed by atoms with Crippen molar-refractivity contribution >= 4 is 28.3 Å². The molecule has 1 aromatic heterocycles. The van der Waals surface area contributed by atoms with Crippen LogP contribution in [-0.2, 0) is 6.54 Å². The molecule has 3 nitrogen and oxygen atoms in total. The van der Waals surface area contributed by atoms with Crippen molar-refractivity contribution in [3.63, 3.8) is 0 Å². The third kappa shape index (κ3) is 3.10. The summed E-state index contributed by atoms with van der Waals surface area (Å²) in [4.78, 5) is 11.9. The average molecular weight is 328 g/mol. The van der Waals surface area contributed by atoms with E-state index in [1.54, 1.807) is 6.07 Å². The van der Waals surface area contributed by atoms with Crippen molar-refractivity contribution in [2.75, 3.05) is 5.32 Å². The van der Waals surface area contributed by atoms with E-state index in [-0.39, 0.29) is 5.63 Å². The van der Waals surface area contributed by atoms with Crippen LogP contribution < -0.4 is 10.9 Å². The molecule has 0 bridgehead atoms. The second kappa shape index (κ2) is 6.09. The maximum atomic E-state index is 11.9. The fourth-order valence-electron chi connectivity index (χ4n) is 2.57. The monoisotopic (exact) mass is 327 g/mol. The average Bonchev–Trinajstić information content (AvgIpc) is 2.52. The number of hydrogen-bond acceptors (Lipinski definition) is 3. The largest absolute Gasteiger partial charge is 0.422 e. The Morgan fingerprint density at radius 3 is 2.52 bits per heavy atom. The van der Waals surface area contributed by atoms with Gasteiger partial charge in [0.15, 0.2) is 0 Å². The van der Waals surface area contributed by atoms with Crippen LogP contribution in [0.4, 0.5) is 5.69 Å². The van der Waals surface area contributed by atoms with E-state index in [9.17, 15) is 4.79 Å². The van der Waals surface area contributed by atoms with E-state index >= 15 is 0 Å². The molecule has 0 atom stereocenters. The molecule has 0 saturated carbocycles. The Labute approximate surface area is 139 Å². The first-order valence-electron chi connectivity index (χ1n) is 7.48. The third-order valence-electron chi connectivity index (χ3n) is 4.17. The Hall–Kier alpha value is -2.26. The number of anilines is 1. The zero-order valence-corrected chi connectivity index (χ0v) is 14.1. The summed E-state index contributed by atoms with van der Waals surface area (Å²) in [5, 5.41) is 5.00. The molecule has 0 spiro atoms. The predicted octanol–water partition coefficient (Wildman–Crippen LogP) is 4.98. The summed E-state index contributed by atoms with van der Waals surface area (Å²) in [6.07, 6.45) is 0. The Kier molecular flexibility index (Phi) is 4.14. The van der Waals surface area contributed by atoms with Gasteiger partial charge in [-0.2, -0.15) is 0 Å².